The number of aromatic nitrogens is 2. The predicted octanol–water partition coefficient (Wildman–Crippen LogP) is 4.73. The van der Waals surface area contributed by atoms with Crippen molar-refractivity contribution in [3.63, 3.8) is 0 Å². The molecule has 0 aliphatic rings. The smallest absolute Gasteiger partial charge is 0.268 e. The van der Waals surface area contributed by atoms with Gasteiger partial charge in [0.05, 0.1) is 13.2 Å². The van der Waals surface area contributed by atoms with E-state index in [0.29, 0.717) is 10.5 Å². The first-order valence-electron chi connectivity index (χ1n) is 9.91. The first-order chi connectivity index (χ1) is 15.8. The van der Waals surface area contributed by atoms with Crippen molar-refractivity contribution in [2.24, 2.45) is 0 Å². The molecule has 1 amide bonds. The van der Waals surface area contributed by atoms with E-state index in [0.717, 1.165) is 17.5 Å². The molecule has 1 unspecified atom stereocenters. The van der Waals surface area contributed by atoms with Crippen molar-refractivity contribution in [2.75, 3.05) is 7.11 Å². The number of fused-ring (bicyclic) bond motifs is 1. The first kappa shape index (κ1) is 22.4. The van der Waals surface area contributed by atoms with Gasteiger partial charge >= 0.3 is 0 Å². The quantitative estimate of drug-likeness (QED) is 0.383. The van der Waals surface area contributed by atoms with Gasteiger partial charge in [-0.2, -0.15) is 0 Å². The van der Waals surface area contributed by atoms with Gasteiger partial charge in [0.2, 0.25) is 5.88 Å². The van der Waals surface area contributed by atoms with Crippen LogP contribution in [0, 0.1) is 11.6 Å². The molecule has 0 aliphatic carbocycles. The molecule has 0 aliphatic heterocycles. The van der Waals surface area contributed by atoms with Gasteiger partial charge in [0.25, 0.3) is 5.91 Å². The maximum Gasteiger partial charge on any atom is 0.268 e. The first-order valence-corrected chi connectivity index (χ1v) is 10.3. The average molecular weight is 470 g/mol. The standard InChI is InChI=1S/C24H18ClF2N3O3/c1-33-22-11-14(6-7-28-22)23(31)20(9-13-2-4-17(26)12-18(13)27)30-24(32)21-10-15-8-16(25)3-5-19(15)29-21/h2-8,10-12,20,29H,9H2,1H3,(H,30,32). The van der Waals surface area contributed by atoms with Crippen molar-refractivity contribution in [1.29, 1.82) is 0 Å². The van der Waals surface area contributed by atoms with Crippen LogP contribution in [0.3, 0.4) is 0 Å². The van der Waals surface area contributed by atoms with Gasteiger partial charge in [0.15, 0.2) is 5.78 Å². The van der Waals surface area contributed by atoms with Crippen molar-refractivity contribution in [3.05, 3.63) is 94.3 Å². The lowest BCUT2D eigenvalue weighted by atomic mass is 9.97. The summed E-state index contributed by atoms with van der Waals surface area (Å²) in [4.78, 5) is 33.2. The number of rotatable bonds is 7. The van der Waals surface area contributed by atoms with E-state index in [1.54, 1.807) is 24.3 Å². The highest BCUT2D eigenvalue weighted by Crippen LogP contribution is 2.21. The summed E-state index contributed by atoms with van der Waals surface area (Å²) < 4.78 is 32.7. The largest absolute Gasteiger partial charge is 0.481 e. The molecule has 2 aromatic carbocycles. The second-order valence-electron chi connectivity index (χ2n) is 7.33. The van der Waals surface area contributed by atoms with Gasteiger partial charge in [0.1, 0.15) is 17.3 Å². The van der Waals surface area contributed by atoms with E-state index in [9.17, 15) is 18.4 Å². The monoisotopic (exact) mass is 469 g/mol. The predicted molar refractivity (Wildman–Crippen MR) is 120 cm³/mol. The molecule has 0 bridgehead atoms. The number of H-pyrrole nitrogens is 1. The van der Waals surface area contributed by atoms with Crippen LogP contribution in [0.1, 0.15) is 26.4 Å². The third-order valence-electron chi connectivity index (χ3n) is 5.12. The number of hydrogen-bond donors (Lipinski definition) is 2. The van der Waals surface area contributed by atoms with Crippen LogP contribution in [0.25, 0.3) is 10.9 Å². The van der Waals surface area contributed by atoms with Crippen LogP contribution in [-0.4, -0.2) is 34.8 Å². The lowest BCUT2D eigenvalue weighted by Crippen LogP contribution is -2.42. The molecule has 4 rings (SSSR count). The van der Waals surface area contributed by atoms with E-state index in [2.05, 4.69) is 15.3 Å². The summed E-state index contributed by atoms with van der Waals surface area (Å²) in [5.74, 6) is -2.38. The summed E-state index contributed by atoms with van der Waals surface area (Å²) in [6, 6.07) is 11.5. The van der Waals surface area contributed by atoms with Crippen LogP contribution < -0.4 is 10.1 Å². The van der Waals surface area contributed by atoms with Gasteiger partial charge in [-0.05, 0) is 42.0 Å². The molecule has 2 N–H and O–H groups in total. The summed E-state index contributed by atoms with van der Waals surface area (Å²) in [5.41, 5.74) is 1.20. The van der Waals surface area contributed by atoms with Crippen LogP contribution in [0.15, 0.2) is 60.8 Å². The Morgan fingerprint density at radius 2 is 1.94 bits per heavy atom. The third kappa shape index (κ3) is 5.01. The number of Topliss-reactive ketones (excluding diaryl/α,β-unsaturated/α-hetero) is 1. The van der Waals surface area contributed by atoms with Gasteiger partial charge in [0, 0.05) is 46.2 Å². The van der Waals surface area contributed by atoms with Crippen LogP contribution in [0.2, 0.25) is 5.02 Å². The summed E-state index contributed by atoms with van der Waals surface area (Å²) in [6.45, 7) is 0. The minimum absolute atomic E-state index is 0.0829. The number of halogens is 3. The summed E-state index contributed by atoms with van der Waals surface area (Å²) in [6.07, 6.45) is 1.21. The van der Waals surface area contributed by atoms with E-state index in [4.69, 9.17) is 16.3 Å². The zero-order chi connectivity index (χ0) is 23.5. The van der Waals surface area contributed by atoms with Crippen LogP contribution in [0.4, 0.5) is 8.78 Å². The van der Waals surface area contributed by atoms with E-state index in [1.807, 2.05) is 0 Å². The fourth-order valence-corrected chi connectivity index (χ4v) is 3.63. The Hall–Kier alpha value is -3.78. The normalized spacial score (nSPS) is 11.9. The number of pyridine rings is 1. The number of amides is 1. The number of methoxy groups -OCH3 is 1. The van der Waals surface area contributed by atoms with Crippen LogP contribution in [0.5, 0.6) is 5.88 Å². The number of nitrogens with one attached hydrogen (secondary N) is 2. The summed E-state index contributed by atoms with van der Waals surface area (Å²) in [7, 11) is 1.41. The number of aromatic amines is 1. The Bertz CT molecular complexity index is 1360. The lowest BCUT2D eigenvalue weighted by Gasteiger charge is -2.18. The van der Waals surface area contributed by atoms with Crippen molar-refractivity contribution in [3.8, 4) is 5.88 Å². The van der Waals surface area contributed by atoms with E-state index >= 15 is 0 Å². The number of ether oxygens (including phenoxy) is 1. The lowest BCUT2D eigenvalue weighted by molar-refractivity contribution is 0.0854. The average Bonchev–Trinajstić information content (AvgIpc) is 3.23. The van der Waals surface area contributed by atoms with Crippen LogP contribution >= 0.6 is 11.6 Å². The molecule has 2 heterocycles. The molecule has 0 saturated heterocycles. The fraction of sp³-hybridized carbons (Fsp3) is 0.125. The SMILES string of the molecule is COc1cc(C(=O)C(Cc2ccc(F)cc2F)NC(=O)c2cc3cc(Cl)ccc3[nH]2)ccn1. The number of carbonyl (C=O) groups is 2. The molecular weight excluding hydrogens is 452 g/mol. The minimum atomic E-state index is -1.14. The van der Waals surface area contributed by atoms with Gasteiger partial charge in [-0.25, -0.2) is 13.8 Å². The second-order valence-corrected chi connectivity index (χ2v) is 7.77. The molecule has 0 spiro atoms. The topological polar surface area (TPSA) is 84.1 Å². The van der Waals surface area contributed by atoms with E-state index in [1.165, 1.54) is 31.5 Å². The number of carbonyl (C=O) groups excluding carboxylic acids is 2. The van der Waals surface area contributed by atoms with Crippen molar-refractivity contribution < 1.29 is 23.1 Å². The Kier molecular flexibility index (Phi) is 6.37. The third-order valence-corrected chi connectivity index (χ3v) is 5.35. The molecule has 4 aromatic rings. The van der Waals surface area contributed by atoms with Crippen molar-refractivity contribution in [2.45, 2.75) is 12.5 Å². The number of hydrogen-bond acceptors (Lipinski definition) is 4. The molecule has 9 heteroatoms. The highest BCUT2D eigenvalue weighted by molar-refractivity contribution is 6.31. The Labute approximate surface area is 192 Å². The highest BCUT2D eigenvalue weighted by Gasteiger charge is 2.26. The molecule has 1 atom stereocenters. The Morgan fingerprint density at radius 1 is 1.12 bits per heavy atom. The van der Waals surface area contributed by atoms with Crippen molar-refractivity contribution >= 4 is 34.2 Å². The fourth-order valence-electron chi connectivity index (χ4n) is 3.45. The van der Waals surface area contributed by atoms with Gasteiger partial charge < -0.3 is 15.0 Å². The molecule has 6 nitrogen and oxygen atoms in total. The van der Waals surface area contributed by atoms with Gasteiger partial charge in [-0.1, -0.05) is 17.7 Å². The molecule has 0 radical (unpaired) electrons. The molecule has 2 aromatic heterocycles. The maximum absolute atomic E-state index is 14.3. The van der Waals surface area contributed by atoms with E-state index in [-0.39, 0.29) is 29.1 Å². The summed E-state index contributed by atoms with van der Waals surface area (Å²) >= 11 is 6.01. The minimum Gasteiger partial charge on any atom is -0.481 e. The number of ketones is 1. The van der Waals surface area contributed by atoms with Crippen molar-refractivity contribution in [1.82, 2.24) is 15.3 Å². The molecule has 0 fully saturated rings. The van der Waals surface area contributed by atoms with E-state index < -0.39 is 29.4 Å². The second kappa shape index (κ2) is 9.38. The summed E-state index contributed by atoms with van der Waals surface area (Å²) in [5, 5.41) is 3.90. The zero-order valence-electron chi connectivity index (χ0n) is 17.4. The zero-order valence-corrected chi connectivity index (χ0v) is 18.1. The highest BCUT2D eigenvalue weighted by atomic mass is 35.5. The van der Waals surface area contributed by atoms with Crippen LogP contribution in [-0.2, 0) is 6.42 Å². The molecule has 33 heavy (non-hydrogen) atoms. The molecular formula is C24H18ClF2N3O3. The maximum atomic E-state index is 14.3. The van der Waals surface area contributed by atoms with Gasteiger partial charge in [-0.3, -0.25) is 9.59 Å². The number of nitrogens with zero attached hydrogens (tertiary/aromatic N) is 1. The molecule has 0 saturated carbocycles. The number of benzene rings is 2. The van der Waals surface area contributed by atoms with Gasteiger partial charge in [-0.15, -0.1) is 0 Å². The molecule has 168 valence electrons. The Morgan fingerprint density at radius 3 is 2.70 bits per heavy atom. The Balaban J connectivity index is 1.65.